The molecule has 186 valence electrons. The van der Waals surface area contributed by atoms with Gasteiger partial charge in [0.05, 0.1) is 0 Å². The highest BCUT2D eigenvalue weighted by Gasteiger charge is 2.36. The highest BCUT2D eigenvalue weighted by Crippen LogP contribution is 2.17. The molecule has 2 N–H and O–H groups in total. The van der Waals surface area contributed by atoms with Crippen molar-refractivity contribution in [1.29, 1.82) is 0 Å². The molecule has 2 rings (SSSR count). The van der Waals surface area contributed by atoms with Crippen molar-refractivity contribution in [1.82, 2.24) is 14.6 Å². The molecule has 0 aliphatic heterocycles. The van der Waals surface area contributed by atoms with Gasteiger partial charge in [0, 0.05) is 6.42 Å². The maximum absolute atomic E-state index is 13.3. The molecule has 0 aliphatic carbocycles. The van der Waals surface area contributed by atoms with Crippen molar-refractivity contribution in [2.75, 3.05) is 5.01 Å². The Labute approximate surface area is 197 Å². The van der Waals surface area contributed by atoms with Crippen LogP contribution in [0.3, 0.4) is 0 Å². The molecule has 0 unspecified atom stereocenters. The van der Waals surface area contributed by atoms with Gasteiger partial charge in [0.25, 0.3) is 0 Å². The lowest BCUT2D eigenvalue weighted by molar-refractivity contribution is -0.158. The number of aromatic nitrogens is 3. The summed E-state index contributed by atoms with van der Waals surface area (Å²) in [5.41, 5.74) is -3.03. The quantitative estimate of drug-likeness (QED) is 0.505. The molecule has 34 heavy (non-hydrogen) atoms. The van der Waals surface area contributed by atoms with Crippen LogP contribution in [0.2, 0.25) is 0 Å². The molecule has 10 nitrogen and oxygen atoms in total. The zero-order valence-corrected chi connectivity index (χ0v) is 20.4. The fourth-order valence-electron chi connectivity index (χ4n) is 3.42. The van der Waals surface area contributed by atoms with Crippen molar-refractivity contribution in [3.63, 3.8) is 0 Å². The molecule has 0 fully saturated rings. The van der Waals surface area contributed by atoms with Gasteiger partial charge >= 0.3 is 23.0 Å². The van der Waals surface area contributed by atoms with E-state index in [1.54, 1.807) is 20.8 Å². The molecule has 1 amide bonds. The largest absolute Gasteiger partial charge is 0.458 e. The average molecular weight is 475 g/mol. The number of H-pyrrole nitrogens is 2. The van der Waals surface area contributed by atoms with E-state index in [0.29, 0.717) is 23.9 Å². The van der Waals surface area contributed by atoms with E-state index in [4.69, 9.17) is 4.74 Å². The first kappa shape index (κ1) is 26.8. The van der Waals surface area contributed by atoms with Crippen LogP contribution in [0.4, 0.5) is 0 Å². The van der Waals surface area contributed by atoms with E-state index in [1.165, 1.54) is 0 Å². The van der Waals surface area contributed by atoms with Gasteiger partial charge in [-0.1, -0.05) is 44.2 Å². The van der Waals surface area contributed by atoms with E-state index < -0.39 is 40.6 Å². The standard InChI is InChI=1S/C24H34N4O6/c1-16(2)14-15-19(29)27(28-22(32)25-21(31)26-23(28)33)18(20(30)34-24(3,4)5)13-9-12-17-10-7-6-8-11-17/h6-8,10-11,16,18H,9,12-15H2,1-5H3,(H2,25,26,31,32,33)/t18-/m0/s1. The van der Waals surface area contributed by atoms with Crippen LogP contribution in [0.5, 0.6) is 0 Å². The molecule has 10 heteroatoms. The normalized spacial score (nSPS) is 12.4. The number of carbonyl (C=O) groups is 2. The van der Waals surface area contributed by atoms with Crippen LogP contribution >= 0.6 is 0 Å². The first-order valence-electron chi connectivity index (χ1n) is 11.4. The first-order chi connectivity index (χ1) is 15.9. The summed E-state index contributed by atoms with van der Waals surface area (Å²) in [5, 5.41) is 0.846. The minimum absolute atomic E-state index is 0.000651. The Bertz CT molecular complexity index is 1110. The molecular weight excluding hydrogens is 440 g/mol. The Morgan fingerprint density at radius 3 is 2.12 bits per heavy atom. The highest BCUT2D eigenvalue weighted by atomic mass is 16.6. The molecule has 0 radical (unpaired) electrons. The third-order valence-electron chi connectivity index (χ3n) is 4.99. The molecule has 0 spiro atoms. The SMILES string of the molecule is CC(C)CCC(=O)N([C@@H](CCCc1ccccc1)C(=O)OC(C)(C)C)n1c(=O)[nH]c(=O)[nH]c1=O. The number of nitrogens with one attached hydrogen (secondary N) is 2. The van der Waals surface area contributed by atoms with Crippen LogP contribution in [0.1, 0.15) is 65.9 Å². The Hall–Kier alpha value is -3.43. The van der Waals surface area contributed by atoms with Gasteiger partial charge in [-0.2, -0.15) is 0 Å². The van der Waals surface area contributed by atoms with E-state index in [1.807, 2.05) is 54.1 Å². The number of hydrogen-bond acceptors (Lipinski definition) is 6. The summed E-state index contributed by atoms with van der Waals surface area (Å²) in [7, 11) is 0. The van der Waals surface area contributed by atoms with Gasteiger partial charge in [0.2, 0.25) is 5.91 Å². The van der Waals surface area contributed by atoms with Crippen LogP contribution in [0.15, 0.2) is 44.7 Å². The van der Waals surface area contributed by atoms with Crippen molar-refractivity contribution in [3.05, 3.63) is 67.3 Å². The fourth-order valence-corrected chi connectivity index (χ4v) is 3.42. The molecule has 0 saturated carbocycles. The Morgan fingerprint density at radius 2 is 1.59 bits per heavy atom. The van der Waals surface area contributed by atoms with E-state index >= 15 is 0 Å². The van der Waals surface area contributed by atoms with Gasteiger partial charge < -0.3 is 4.74 Å². The Kier molecular flexibility index (Phi) is 9.17. The number of rotatable bonds is 10. The van der Waals surface area contributed by atoms with Crippen LogP contribution in [-0.2, 0) is 20.7 Å². The molecule has 0 bridgehead atoms. The van der Waals surface area contributed by atoms with E-state index in [2.05, 4.69) is 0 Å². The maximum Gasteiger partial charge on any atom is 0.353 e. The van der Waals surface area contributed by atoms with Gasteiger partial charge in [0.15, 0.2) is 6.04 Å². The molecule has 0 aliphatic rings. The minimum atomic E-state index is -1.24. The minimum Gasteiger partial charge on any atom is -0.458 e. The summed E-state index contributed by atoms with van der Waals surface area (Å²) in [5.74, 6) is -1.16. The second-order valence-corrected chi connectivity index (χ2v) is 9.60. The zero-order chi connectivity index (χ0) is 25.5. The average Bonchev–Trinajstić information content (AvgIpc) is 2.72. The summed E-state index contributed by atoms with van der Waals surface area (Å²) >= 11 is 0. The smallest absolute Gasteiger partial charge is 0.353 e. The lowest BCUT2D eigenvalue weighted by atomic mass is 10.0. The highest BCUT2D eigenvalue weighted by molar-refractivity contribution is 5.93. The summed E-state index contributed by atoms with van der Waals surface area (Å²) in [6.07, 6.45) is 1.72. The summed E-state index contributed by atoms with van der Waals surface area (Å²) in [6, 6.07) is 8.36. The summed E-state index contributed by atoms with van der Waals surface area (Å²) in [6.45, 7) is 8.94. The molecule has 1 aromatic carbocycles. The topological polar surface area (TPSA) is 134 Å². The molecule has 1 heterocycles. The number of hydrogen-bond donors (Lipinski definition) is 2. The predicted octanol–water partition coefficient (Wildman–Crippen LogP) is 1.86. The fraction of sp³-hybridized carbons (Fsp3) is 0.542. The number of aromatic amines is 2. The third kappa shape index (κ3) is 7.86. The first-order valence-corrected chi connectivity index (χ1v) is 11.4. The number of aryl methyl sites for hydroxylation is 1. The maximum atomic E-state index is 13.3. The van der Waals surface area contributed by atoms with Gasteiger partial charge in [-0.25, -0.2) is 24.2 Å². The van der Waals surface area contributed by atoms with Crippen LogP contribution in [-0.4, -0.2) is 38.2 Å². The molecule has 1 atom stereocenters. The van der Waals surface area contributed by atoms with Crippen molar-refractivity contribution >= 4 is 11.9 Å². The predicted molar refractivity (Wildman–Crippen MR) is 128 cm³/mol. The van der Waals surface area contributed by atoms with Crippen LogP contribution < -0.4 is 22.1 Å². The molecule has 0 saturated heterocycles. The monoisotopic (exact) mass is 474 g/mol. The molecule has 1 aromatic heterocycles. The van der Waals surface area contributed by atoms with Crippen molar-refractivity contribution < 1.29 is 14.3 Å². The van der Waals surface area contributed by atoms with Gasteiger partial charge in [0.1, 0.15) is 5.60 Å². The second kappa shape index (κ2) is 11.6. The lowest BCUT2D eigenvalue weighted by Gasteiger charge is -2.32. The van der Waals surface area contributed by atoms with Gasteiger partial charge in [-0.15, -0.1) is 4.68 Å². The molecular formula is C24H34N4O6. The molecule has 2 aromatic rings. The van der Waals surface area contributed by atoms with Crippen molar-refractivity contribution in [3.8, 4) is 0 Å². The van der Waals surface area contributed by atoms with E-state index in [-0.39, 0.29) is 18.8 Å². The van der Waals surface area contributed by atoms with E-state index in [0.717, 1.165) is 10.6 Å². The summed E-state index contributed by atoms with van der Waals surface area (Å²) < 4.78 is 6.04. The second-order valence-electron chi connectivity index (χ2n) is 9.60. The number of carbonyl (C=O) groups excluding carboxylic acids is 2. The lowest BCUT2D eigenvalue weighted by Crippen LogP contribution is -2.62. The van der Waals surface area contributed by atoms with Gasteiger partial charge in [-0.3, -0.25) is 14.8 Å². The number of nitrogens with zero attached hydrogens (tertiary/aromatic N) is 2. The van der Waals surface area contributed by atoms with E-state index in [9.17, 15) is 24.0 Å². The zero-order valence-electron chi connectivity index (χ0n) is 20.4. The third-order valence-corrected chi connectivity index (χ3v) is 4.99. The number of benzene rings is 1. The number of esters is 1. The summed E-state index contributed by atoms with van der Waals surface area (Å²) in [4.78, 5) is 67.2. The van der Waals surface area contributed by atoms with Crippen LogP contribution in [0.25, 0.3) is 0 Å². The number of amides is 1. The Balaban J connectivity index is 2.50. The number of ether oxygens (including phenoxy) is 1. The van der Waals surface area contributed by atoms with Gasteiger partial charge in [-0.05, 0) is 57.9 Å². The van der Waals surface area contributed by atoms with Crippen molar-refractivity contribution in [2.24, 2.45) is 5.92 Å². The van der Waals surface area contributed by atoms with Crippen molar-refractivity contribution in [2.45, 2.75) is 78.4 Å². The Morgan fingerprint density at radius 1 is 1.00 bits per heavy atom. The van der Waals surface area contributed by atoms with Crippen LogP contribution in [0, 0.1) is 5.92 Å².